The van der Waals surface area contributed by atoms with Gasteiger partial charge < -0.3 is 17.8 Å². The van der Waals surface area contributed by atoms with Crippen LogP contribution in [0.4, 0.5) is 0 Å². The molecule has 0 radical (unpaired) electrons. The van der Waals surface area contributed by atoms with Gasteiger partial charge in [0, 0.05) is 0 Å². The van der Waals surface area contributed by atoms with E-state index in [1.54, 1.807) is 6.08 Å². The zero-order valence-electron chi connectivity index (χ0n) is 8.33. The van der Waals surface area contributed by atoms with Gasteiger partial charge in [-0.3, -0.25) is 0 Å². The summed E-state index contributed by atoms with van der Waals surface area (Å²) in [4.78, 5) is 0. The Morgan fingerprint density at radius 1 is 1.36 bits per heavy atom. The van der Waals surface area contributed by atoms with Crippen molar-refractivity contribution in [3.63, 3.8) is 0 Å². The third kappa shape index (κ3) is 4.79. The molecule has 1 aromatic rings. The molecule has 0 atom stereocenters. The molecule has 70 valence electrons. The van der Waals surface area contributed by atoms with E-state index in [0.717, 1.165) is 5.56 Å². The van der Waals surface area contributed by atoms with Gasteiger partial charge in [-0.15, -0.1) is 6.58 Å². The van der Waals surface area contributed by atoms with Gasteiger partial charge in [0.05, 0.1) is 0 Å². The molecular weight excluding hydrogens is 206 g/mol. The Hall–Kier alpha value is -0.314. The Morgan fingerprint density at radius 2 is 1.86 bits per heavy atom. The van der Waals surface area contributed by atoms with Gasteiger partial charge >= 0.3 is 23.1 Å². The van der Waals surface area contributed by atoms with Crippen LogP contribution in [-0.4, -0.2) is 28.8 Å². The van der Waals surface area contributed by atoms with Crippen LogP contribution >= 0.6 is 0 Å². The van der Waals surface area contributed by atoms with Crippen LogP contribution in [0, 0.1) is 6.92 Å². The summed E-state index contributed by atoms with van der Waals surface area (Å²) >= 11 is 0. The summed E-state index contributed by atoms with van der Waals surface area (Å²) in [6.45, 7) is 5.59. The second kappa shape index (κ2) is 8.03. The summed E-state index contributed by atoms with van der Waals surface area (Å²) in [5.74, 6) is 0. The van der Waals surface area contributed by atoms with Crippen molar-refractivity contribution in [3.05, 3.63) is 53.5 Å². The van der Waals surface area contributed by atoms with Crippen LogP contribution in [0.3, 0.4) is 0 Å². The maximum Gasteiger partial charge on any atom is 2.00 e. The molecule has 0 heterocycles. The molecule has 14 heavy (non-hydrogen) atoms. The molecule has 0 saturated carbocycles. The molecule has 0 aliphatic heterocycles. The maximum atomic E-state index is 9.46. The van der Waals surface area contributed by atoms with Crippen molar-refractivity contribution in [1.29, 1.82) is 0 Å². The van der Waals surface area contributed by atoms with Crippen LogP contribution in [0.1, 0.15) is 17.5 Å². The fraction of sp³-hybridized carbons (Fsp3) is 0.182. The normalized spacial score (nSPS) is 8.07. The van der Waals surface area contributed by atoms with Crippen LogP contribution in [-0.2, 0) is 0 Å². The molecule has 0 unspecified atom stereocenters. The summed E-state index contributed by atoms with van der Waals surface area (Å²) in [6, 6.07) is 7.78. The van der Waals surface area contributed by atoms with Gasteiger partial charge in [0.15, 0.2) is 0 Å². The van der Waals surface area contributed by atoms with Gasteiger partial charge in [0.25, 0.3) is 0 Å². The zero-order chi connectivity index (χ0) is 8.97. The van der Waals surface area contributed by atoms with E-state index < -0.39 is 0 Å². The fourth-order valence-electron chi connectivity index (χ4n) is 1.00. The third-order valence-corrected chi connectivity index (χ3v) is 1.72. The molecule has 0 spiro atoms. The van der Waals surface area contributed by atoms with Crippen molar-refractivity contribution in [1.82, 2.24) is 0 Å². The first-order valence-corrected chi connectivity index (χ1v) is 3.97. The number of rotatable bonds is 3. The van der Waals surface area contributed by atoms with E-state index in [1.807, 2.05) is 31.2 Å². The molecule has 0 aliphatic rings. The third-order valence-electron chi connectivity index (χ3n) is 1.72. The van der Waals surface area contributed by atoms with Crippen molar-refractivity contribution in [2.24, 2.45) is 0 Å². The standard InChI is InChI=1S/C11H12N.ClH.Mg/c1-3-4-11(12)10-7-5-9(2)6-8-10;;/h3,5-8H,1,4H2,2H3;1H;/q-1;;+2/p-1. The van der Waals surface area contributed by atoms with Gasteiger partial charge in [-0.1, -0.05) is 35.9 Å². The summed E-state index contributed by atoms with van der Waals surface area (Å²) in [6.07, 6.45) is 2.22. The molecule has 0 aliphatic carbocycles. The van der Waals surface area contributed by atoms with Gasteiger partial charge in [0.2, 0.25) is 0 Å². The van der Waals surface area contributed by atoms with Crippen LogP contribution in [0.2, 0.25) is 0 Å². The van der Waals surface area contributed by atoms with Crippen molar-refractivity contribution in [3.8, 4) is 0 Å². The molecule has 0 fully saturated rings. The van der Waals surface area contributed by atoms with Crippen molar-refractivity contribution >= 4 is 28.8 Å². The summed E-state index contributed by atoms with van der Waals surface area (Å²) in [5, 5.41) is 9.46. The Labute approximate surface area is 108 Å². The number of hydrogen-bond donors (Lipinski definition) is 0. The summed E-state index contributed by atoms with van der Waals surface area (Å²) in [7, 11) is 0. The predicted octanol–water partition coefficient (Wildman–Crippen LogP) is -0.447. The summed E-state index contributed by atoms with van der Waals surface area (Å²) in [5.41, 5.74) is 2.45. The summed E-state index contributed by atoms with van der Waals surface area (Å²) < 4.78 is 0. The zero-order valence-corrected chi connectivity index (χ0v) is 10.5. The van der Waals surface area contributed by atoms with Crippen molar-refractivity contribution in [2.75, 3.05) is 0 Å². The SMILES string of the molecule is C=CCC(=[N-])c1ccc(C)cc1.[Cl-].[Mg+2]. The average molecular weight is 218 g/mol. The van der Waals surface area contributed by atoms with E-state index in [-0.39, 0.29) is 35.5 Å². The number of nitrogens with zero attached hydrogens (tertiary/aromatic N) is 1. The van der Waals surface area contributed by atoms with Gasteiger partial charge in [-0.05, 0) is 18.9 Å². The number of aryl methyl sites for hydroxylation is 1. The molecule has 0 saturated heterocycles. The van der Waals surface area contributed by atoms with E-state index >= 15 is 0 Å². The molecular formula is C11H12ClMgN. The average Bonchev–Trinajstić information content (AvgIpc) is 2.06. The van der Waals surface area contributed by atoms with Crippen LogP contribution in [0.15, 0.2) is 36.9 Å². The van der Waals surface area contributed by atoms with E-state index in [9.17, 15) is 5.41 Å². The van der Waals surface area contributed by atoms with Crippen LogP contribution in [0.5, 0.6) is 0 Å². The van der Waals surface area contributed by atoms with E-state index in [2.05, 4.69) is 6.58 Å². The van der Waals surface area contributed by atoms with Gasteiger partial charge in [-0.25, -0.2) is 0 Å². The van der Waals surface area contributed by atoms with Crippen LogP contribution in [0.25, 0.3) is 5.41 Å². The molecule has 1 rings (SSSR count). The molecule has 0 N–H and O–H groups in total. The first-order chi connectivity index (χ1) is 5.74. The Bertz CT molecular complexity index is 293. The predicted molar refractivity (Wildman–Crippen MR) is 59.2 cm³/mol. The van der Waals surface area contributed by atoms with Crippen LogP contribution < -0.4 is 12.4 Å². The molecule has 1 nitrogen and oxygen atoms in total. The Balaban J connectivity index is 0. The van der Waals surface area contributed by atoms with Gasteiger partial charge in [0.1, 0.15) is 0 Å². The minimum atomic E-state index is 0. The fourth-order valence-corrected chi connectivity index (χ4v) is 1.00. The van der Waals surface area contributed by atoms with E-state index in [0.29, 0.717) is 12.1 Å². The van der Waals surface area contributed by atoms with Crippen molar-refractivity contribution < 1.29 is 12.4 Å². The number of halogens is 1. The molecule has 3 heteroatoms. The minimum absolute atomic E-state index is 0. The van der Waals surface area contributed by atoms with E-state index in [1.165, 1.54) is 5.56 Å². The molecule has 0 bridgehead atoms. The Morgan fingerprint density at radius 3 is 2.29 bits per heavy atom. The molecule has 0 amide bonds. The first-order valence-electron chi connectivity index (χ1n) is 3.97. The molecule has 0 aromatic heterocycles. The maximum absolute atomic E-state index is 9.46. The largest absolute Gasteiger partial charge is 2.00 e. The number of benzene rings is 1. The minimum Gasteiger partial charge on any atom is -1.00 e. The first kappa shape index (κ1) is 16.1. The monoisotopic (exact) mass is 217 g/mol. The Kier molecular flexibility index (Phi) is 9.25. The second-order valence-electron chi connectivity index (χ2n) is 2.81. The van der Waals surface area contributed by atoms with Gasteiger partial charge in [-0.2, -0.15) is 5.71 Å². The topological polar surface area (TPSA) is 22.3 Å². The number of hydrogen-bond acceptors (Lipinski definition) is 0. The molecule has 1 aromatic carbocycles. The smallest absolute Gasteiger partial charge is 1.00 e. The van der Waals surface area contributed by atoms with E-state index in [4.69, 9.17) is 0 Å². The second-order valence-corrected chi connectivity index (χ2v) is 2.81. The number of allylic oxidation sites excluding steroid dienone is 1. The van der Waals surface area contributed by atoms with Crippen molar-refractivity contribution in [2.45, 2.75) is 13.3 Å². The quantitative estimate of drug-likeness (QED) is 0.372.